The van der Waals surface area contributed by atoms with Crippen LogP contribution in [0.3, 0.4) is 0 Å². The molecule has 0 radical (unpaired) electrons. The van der Waals surface area contributed by atoms with Crippen molar-refractivity contribution in [3.8, 4) is 0 Å². The molecular weight excluding hydrogens is 159 g/mol. The number of hydrogen-bond acceptors (Lipinski definition) is 1. The van der Waals surface area contributed by atoms with E-state index in [1.54, 1.807) is 10.6 Å². The van der Waals surface area contributed by atoms with Gasteiger partial charge in [0, 0.05) is 0 Å². The zero-order valence-electron chi connectivity index (χ0n) is 5.87. The number of fused-ring (bicyclic) bond motifs is 1. The first-order valence-corrected chi connectivity index (χ1v) is 4.54. The third-order valence-corrected chi connectivity index (χ3v) is 2.42. The minimum absolute atomic E-state index is 0.873. The molecule has 11 heavy (non-hydrogen) atoms. The van der Waals surface area contributed by atoms with Gasteiger partial charge in [0.1, 0.15) is 0 Å². The van der Waals surface area contributed by atoms with Crippen molar-refractivity contribution in [3.63, 3.8) is 0 Å². The lowest BCUT2D eigenvalue weighted by Crippen LogP contribution is -1.96. The average Bonchev–Trinajstić information content (AvgIpc) is 2.47. The molecule has 0 aliphatic heterocycles. The van der Waals surface area contributed by atoms with E-state index in [0.717, 1.165) is 11.0 Å². The Balaban J connectivity index is 2.76. The van der Waals surface area contributed by atoms with Crippen LogP contribution in [0, 0.1) is 0 Å². The summed E-state index contributed by atoms with van der Waals surface area (Å²) in [7, 11) is -1.63. The molecule has 0 saturated carbocycles. The molecule has 2 aromatic rings. The topological polar surface area (TPSA) is 17.8 Å². The van der Waals surface area contributed by atoms with Crippen molar-refractivity contribution in [3.05, 3.63) is 30.6 Å². The first-order valence-electron chi connectivity index (χ1n) is 3.37. The summed E-state index contributed by atoms with van der Waals surface area (Å²) < 4.78 is 14.0. The van der Waals surface area contributed by atoms with E-state index in [1.165, 1.54) is 0 Å². The van der Waals surface area contributed by atoms with Crippen LogP contribution < -0.4 is 0 Å². The SMILES string of the molecule is F[SiH2]n1cnc2ccccc21. The fourth-order valence-corrected chi connectivity index (χ4v) is 1.65. The second kappa shape index (κ2) is 2.47. The van der Waals surface area contributed by atoms with Crippen LogP contribution in [-0.4, -0.2) is 19.2 Å². The summed E-state index contributed by atoms with van der Waals surface area (Å²) in [5.74, 6) is 0. The van der Waals surface area contributed by atoms with Crippen molar-refractivity contribution >= 4 is 21.0 Å². The molecule has 0 spiro atoms. The predicted octanol–water partition coefficient (Wildman–Crippen LogP) is 0.853. The number of hydrogen-bond donors (Lipinski definition) is 0. The second-order valence-electron chi connectivity index (χ2n) is 2.32. The fourth-order valence-electron chi connectivity index (χ4n) is 1.11. The summed E-state index contributed by atoms with van der Waals surface area (Å²) in [6.07, 6.45) is 1.57. The number of para-hydroxylation sites is 2. The second-order valence-corrected chi connectivity index (χ2v) is 3.24. The molecule has 0 bridgehead atoms. The van der Waals surface area contributed by atoms with Crippen LogP contribution in [0.4, 0.5) is 4.11 Å². The van der Waals surface area contributed by atoms with Crippen molar-refractivity contribution in [1.29, 1.82) is 0 Å². The molecule has 2 rings (SSSR count). The van der Waals surface area contributed by atoms with Crippen LogP contribution in [0.2, 0.25) is 0 Å². The largest absolute Gasteiger partial charge is 0.336 e. The van der Waals surface area contributed by atoms with E-state index in [4.69, 9.17) is 0 Å². The van der Waals surface area contributed by atoms with Crippen molar-refractivity contribution in [2.24, 2.45) is 0 Å². The molecular formula is C7H7FN2Si. The van der Waals surface area contributed by atoms with Gasteiger partial charge in [0.15, 0.2) is 0 Å². The molecule has 0 unspecified atom stereocenters. The Kier molecular flexibility index (Phi) is 1.47. The quantitative estimate of drug-likeness (QED) is 0.453. The molecule has 1 aromatic carbocycles. The fraction of sp³-hybridized carbons (Fsp3) is 0. The van der Waals surface area contributed by atoms with Crippen LogP contribution in [-0.2, 0) is 0 Å². The number of halogens is 1. The Morgan fingerprint density at radius 2 is 2.18 bits per heavy atom. The number of rotatable bonds is 1. The summed E-state index contributed by atoms with van der Waals surface area (Å²) in [6.45, 7) is 0. The first kappa shape index (κ1) is 6.54. The Morgan fingerprint density at radius 3 is 3.00 bits per heavy atom. The van der Waals surface area contributed by atoms with Gasteiger partial charge in [0.2, 0.25) is 0 Å². The van der Waals surface area contributed by atoms with Crippen LogP contribution in [0.1, 0.15) is 0 Å². The maximum Gasteiger partial charge on any atom is 0.324 e. The summed E-state index contributed by atoms with van der Waals surface area (Å²) in [4.78, 5) is 4.05. The van der Waals surface area contributed by atoms with Gasteiger partial charge in [-0.1, -0.05) is 12.1 Å². The third kappa shape index (κ3) is 0.951. The molecule has 2 nitrogen and oxygen atoms in total. The first-order chi connectivity index (χ1) is 5.42. The van der Waals surface area contributed by atoms with E-state index >= 15 is 0 Å². The highest BCUT2D eigenvalue weighted by Gasteiger charge is 1.98. The molecule has 0 aliphatic rings. The Bertz CT molecular complexity index is 371. The number of aromatic nitrogens is 2. The molecule has 56 valence electrons. The van der Waals surface area contributed by atoms with E-state index < -0.39 is 10.0 Å². The lowest BCUT2D eigenvalue weighted by atomic mass is 10.3. The number of nitrogens with zero attached hydrogens (tertiary/aromatic N) is 2. The third-order valence-electron chi connectivity index (χ3n) is 1.66. The van der Waals surface area contributed by atoms with Gasteiger partial charge >= 0.3 is 10.0 Å². The Labute approximate surface area is 65.7 Å². The van der Waals surface area contributed by atoms with E-state index in [0.29, 0.717) is 0 Å². The minimum atomic E-state index is -1.63. The monoisotopic (exact) mass is 166 g/mol. The van der Waals surface area contributed by atoms with Crippen molar-refractivity contribution in [2.45, 2.75) is 0 Å². The molecule has 0 aliphatic carbocycles. The molecule has 1 aromatic heterocycles. The van der Waals surface area contributed by atoms with Gasteiger partial charge in [-0.3, -0.25) is 4.11 Å². The van der Waals surface area contributed by atoms with Gasteiger partial charge in [-0.25, -0.2) is 4.98 Å². The summed E-state index contributed by atoms with van der Waals surface area (Å²) in [5, 5.41) is 0. The summed E-state index contributed by atoms with van der Waals surface area (Å²) in [5.41, 5.74) is 1.78. The maximum atomic E-state index is 12.4. The van der Waals surface area contributed by atoms with E-state index in [9.17, 15) is 4.11 Å². The highest BCUT2D eigenvalue weighted by atomic mass is 28.3. The van der Waals surface area contributed by atoms with Crippen molar-refractivity contribution < 1.29 is 4.11 Å². The van der Waals surface area contributed by atoms with Crippen LogP contribution >= 0.6 is 0 Å². The molecule has 0 saturated heterocycles. The number of benzene rings is 1. The van der Waals surface area contributed by atoms with Gasteiger partial charge in [-0.15, -0.1) is 0 Å². The Morgan fingerprint density at radius 1 is 1.36 bits per heavy atom. The predicted molar refractivity (Wildman–Crippen MR) is 44.8 cm³/mol. The lowest BCUT2D eigenvalue weighted by Gasteiger charge is -1.93. The molecule has 0 N–H and O–H groups in total. The average molecular weight is 166 g/mol. The zero-order chi connectivity index (χ0) is 7.68. The van der Waals surface area contributed by atoms with Crippen LogP contribution in [0.5, 0.6) is 0 Å². The summed E-state index contributed by atoms with van der Waals surface area (Å²) >= 11 is 0. The zero-order valence-corrected chi connectivity index (χ0v) is 7.28. The molecule has 0 atom stereocenters. The highest BCUT2D eigenvalue weighted by Crippen LogP contribution is 2.09. The van der Waals surface area contributed by atoms with Gasteiger partial charge in [-0.2, -0.15) is 0 Å². The highest BCUT2D eigenvalue weighted by molar-refractivity contribution is 6.26. The van der Waals surface area contributed by atoms with Gasteiger partial charge in [-0.05, 0) is 12.1 Å². The molecule has 0 fully saturated rings. The molecule has 4 heteroatoms. The van der Waals surface area contributed by atoms with Gasteiger partial charge < -0.3 is 4.23 Å². The van der Waals surface area contributed by atoms with Gasteiger partial charge in [0.25, 0.3) is 0 Å². The summed E-state index contributed by atoms with van der Waals surface area (Å²) in [6, 6.07) is 7.56. The number of imidazole rings is 1. The standard InChI is InChI=1S/C7H7FN2Si/c8-11-10-5-9-6-3-1-2-4-7(6)10/h1-5H,11H2. The normalized spacial score (nSPS) is 11.7. The van der Waals surface area contributed by atoms with Crippen LogP contribution in [0.15, 0.2) is 30.6 Å². The van der Waals surface area contributed by atoms with Crippen molar-refractivity contribution in [2.75, 3.05) is 0 Å². The smallest absolute Gasteiger partial charge is 0.324 e. The van der Waals surface area contributed by atoms with E-state index in [2.05, 4.69) is 4.98 Å². The minimum Gasteiger partial charge on any atom is -0.336 e. The van der Waals surface area contributed by atoms with Gasteiger partial charge in [0.05, 0.1) is 17.4 Å². The molecule has 1 heterocycles. The van der Waals surface area contributed by atoms with E-state index in [1.807, 2.05) is 24.3 Å². The van der Waals surface area contributed by atoms with Crippen LogP contribution in [0.25, 0.3) is 11.0 Å². The van der Waals surface area contributed by atoms with Crippen molar-refractivity contribution in [1.82, 2.24) is 9.22 Å². The lowest BCUT2D eigenvalue weighted by molar-refractivity contribution is 0.839. The Hall–Kier alpha value is -1.16. The maximum absolute atomic E-state index is 12.4. The molecule has 0 amide bonds. The van der Waals surface area contributed by atoms with E-state index in [-0.39, 0.29) is 0 Å².